The molecule has 1 aliphatic carbocycles. The van der Waals surface area contributed by atoms with Crippen LogP contribution in [-0.2, 0) is 19.4 Å². The first-order valence-electron chi connectivity index (χ1n) is 8.99. The van der Waals surface area contributed by atoms with Gasteiger partial charge in [0.2, 0.25) is 0 Å². The Kier molecular flexibility index (Phi) is 6.38. The first-order chi connectivity index (χ1) is 12.2. The SMILES string of the molecule is CCSCCCOc1ccc2c(c1)CCCc1cc(F)c(CO)cc1-2. The Labute approximate surface area is 153 Å². The topological polar surface area (TPSA) is 29.5 Å². The van der Waals surface area contributed by atoms with E-state index in [1.807, 2.05) is 17.8 Å². The van der Waals surface area contributed by atoms with Gasteiger partial charge in [-0.2, -0.15) is 11.8 Å². The number of aliphatic hydroxyl groups is 1. The van der Waals surface area contributed by atoms with E-state index in [2.05, 4.69) is 19.1 Å². The molecular formula is C21H25FO2S. The van der Waals surface area contributed by atoms with Gasteiger partial charge < -0.3 is 9.84 Å². The van der Waals surface area contributed by atoms with Gasteiger partial charge in [0.1, 0.15) is 11.6 Å². The van der Waals surface area contributed by atoms with E-state index in [0.717, 1.165) is 66.2 Å². The van der Waals surface area contributed by atoms with E-state index in [1.165, 1.54) is 5.56 Å². The number of fused-ring (bicyclic) bond motifs is 3. The number of hydrogen-bond donors (Lipinski definition) is 1. The summed E-state index contributed by atoms with van der Waals surface area (Å²) in [6.45, 7) is 2.64. The van der Waals surface area contributed by atoms with Crippen LogP contribution >= 0.6 is 11.8 Å². The summed E-state index contributed by atoms with van der Waals surface area (Å²) in [5.74, 6) is 2.88. The van der Waals surface area contributed by atoms with E-state index in [0.29, 0.717) is 5.56 Å². The first-order valence-corrected chi connectivity index (χ1v) is 10.1. The van der Waals surface area contributed by atoms with Gasteiger partial charge in [-0.1, -0.05) is 13.0 Å². The summed E-state index contributed by atoms with van der Waals surface area (Å²) in [6, 6.07) is 9.60. The molecule has 2 aromatic rings. The molecule has 0 heterocycles. The lowest BCUT2D eigenvalue weighted by Gasteiger charge is -2.14. The molecule has 2 aromatic carbocycles. The monoisotopic (exact) mass is 360 g/mol. The van der Waals surface area contributed by atoms with Gasteiger partial charge in [0.15, 0.2) is 0 Å². The number of benzene rings is 2. The lowest BCUT2D eigenvalue weighted by molar-refractivity contribution is 0.276. The second-order valence-corrected chi connectivity index (χ2v) is 7.72. The number of ether oxygens (including phenoxy) is 1. The largest absolute Gasteiger partial charge is 0.494 e. The number of rotatable bonds is 7. The summed E-state index contributed by atoms with van der Waals surface area (Å²) in [7, 11) is 0. The molecule has 2 nitrogen and oxygen atoms in total. The highest BCUT2D eigenvalue weighted by Crippen LogP contribution is 2.36. The van der Waals surface area contributed by atoms with E-state index < -0.39 is 0 Å². The lowest BCUT2D eigenvalue weighted by Crippen LogP contribution is -2.00. The van der Waals surface area contributed by atoms with Gasteiger partial charge in [0, 0.05) is 5.56 Å². The molecule has 134 valence electrons. The molecule has 0 amide bonds. The molecule has 25 heavy (non-hydrogen) atoms. The molecule has 0 spiro atoms. The first kappa shape index (κ1) is 18.3. The molecule has 0 radical (unpaired) electrons. The second kappa shape index (κ2) is 8.72. The van der Waals surface area contributed by atoms with Crippen molar-refractivity contribution in [3.05, 3.63) is 52.8 Å². The molecule has 0 aromatic heterocycles. The van der Waals surface area contributed by atoms with Crippen LogP contribution in [-0.4, -0.2) is 23.2 Å². The standard InChI is InChI=1S/C21H25FO2S/c1-2-25-10-4-9-24-18-7-8-19-15(11-18)5-3-6-16-13-21(22)17(14-23)12-20(16)19/h7-8,11-13,23H,2-6,9-10,14H2,1H3. The van der Waals surface area contributed by atoms with Gasteiger partial charge in [0.05, 0.1) is 13.2 Å². The Bertz CT molecular complexity index is 730. The van der Waals surface area contributed by atoms with E-state index in [1.54, 1.807) is 12.1 Å². The number of hydrogen-bond acceptors (Lipinski definition) is 3. The van der Waals surface area contributed by atoms with Gasteiger partial charge in [0.25, 0.3) is 0 Å². The highest BCUT2D eigenvalue weighted by Gasteiger charge is 2.17. The minimum atomic E-state index is -0.311. The molecule has 0 saturated heterocycles. The van der Waals surface area contributed by atoms with E-state index in [-0.39, 0.29) is 12.4 Å². The molecule has 1 aliphatic rings. The Morgan fingerprint density at radius 2 is 1.92 bits per heavy atom. The molecule has 4 heteroatoms. The van der Waals surface area contributed by atoms with Crippen LogP contribution in [0.4, 0.5) is 4.39 Å². The number of halogens is 1. The number of aryl methyl sites for hydroxylation is 2. The van der Waals surface area contributed by atoms with Crippen LogP contribution < -0.4 is 4.74 Å². The highest BCUT2D eigenvalue weighted by molar-refractivity contribution is 7.99. The van der Waals surface area contributed by atoms with Crippen LogP contribution in [0.15, 0.2) is 30.3 Å². The average molecular weight is 360 g/mol. The fraction of sp³-hybridized carbons (Fsp3) is 0.429. The van der Waals surface area contributed by atoms with Crippen molar-refractivity contribution < 1.29 is 14.2 Å². The smallest absolute Gasteiger partial charge is 0.129 e. The number of thioether (sulfide) groups is 1. The normalized spacial score (nSPS) is 13.1. The van der Waals surface area contributed by atoms with Gasteiger partial charge in [-0.15, -0.1) is 0 Å². The molecule has 0 saturated carbocycles. The zero-order chi connectivity index (χ0) is 17.6. The summed E-state index contributed by atoms with van der Waals surface area (Å²) in [4.78, 5) is 0. The van der Waals surface area contributed by atoms with E-state index >= 15 is 0 Å². The quantitative estimate of drug-likeness (QED) is 0.705. The fourth-order valence-corrected chi connectivity index (χ4v) is 3.94. The van der Waals surface area contributed by atoms with Crippen molar-refractivity contribution in [3.63, 3.8) is 0 Å². The van der Waals surface area contributed by atoms with Crippen molar-refractivity contribution in [2.24, 2.45) is 0 Å². The van der Waals surface area contributed by atoms with Crippen LogP contribution in [0, 0.1) is 5.82 Å². The van der Waals surface area contributed by atoms with Gasteiger partial charge in [-0.3, -0.25) is 0 Å². The maximum Gasteiger partial charge on any atom is 0.129 e. The zero-order valence-corrected chi connectivity index (χ0v) is 15.5. The third-order valence-corrected chi connectivity index (χ3v) is 5.59. The van der Waals surface area contributed by atoms with Gasteiger partial charge in [-0.25, -0.2) is 4.39 Å². The highest BCUT2D eigenvalue weighted by atomic mass is 32.2. The second-order valence-electron chi connectivity index (χ2n) is 6.33. The summed E-state index contributed by atoms with van der Waals surface area (Å²) >= 11 is 1.93. The molecule has 0 aliphatic heterocycles. The van der Waals surface area contributed by atoms with Crippen molar-refractivity contribution in [2.75, 3.05) is 18.1 Å². The molecule has 0 fully saturated rings. The third-order valence-electron chi connectivity index (χ3n) is 4.61. The minimum Gasteiger partial charge on any atom is -0.494 e. The van der Waals surface area contributed by atoms with Crippen LogP contribution in [0.1, 0.15) is 36.5 Å². The molecule has 0 atom stereocenters. The number of aliphatic hydroxyl groups excluding tert-OH is 1. The minimum absolute atomic E-state index is 0.272. The Morgan fingerprint density at radius 3 is 2.68 bits per heavy atom. The van der Waals surface area contributed by atoms with Crippen molar-refractivity contribution >= 4 is 11.8 Å². The lowest BCUT2D eigenvalue weighted by atomic mass is 9.94. The fourth-order valence-electron chi connectivity index (χ4n) is 3.33. The van der Waals surface area contributed by atoms with Crippen LogP contribution in [0.5, 0.6) is 5.75 Å². The predicted octanol–water partition coefficient (Wildman–Crippen LogP) is 5.00. The molecule has 1 N–H and O–H groups in total. The molecule has 0 bridgehead atoms. The van der Waals surface area contributed by atoms with Crippen molar-refractivity contribution in [1.29, 1.82) is 0 Å². The summed E-state index contributed by atoms with van der Waals surface area (Å²) in [5, 5.41) is 9.38. The molecular weight excluding hydrogens is 335 g/mol. The van der Waals surface area contributed by atoms with Crippen molar-refractivity contribution in [1.82, 2.24) is 0 Å². The third kappa shape index (κ3) is 4.36. The van der Waals surface area contributed by atoms with Crippen molar-refractivity contribution in [2.45, 2.75) is 39.2 Å². The van der Waals surface area contributed by atoms with Crippen LogP contribution in [0.25, 0.3) is 11.1 Å². The maximum atomic E-state index is 14.0. The summed E-state index contributed by atoms with van der Waals surface area (Å²) < 4.78 is 19.9. The molecule has 0 unspecified atom stereocenters. The maximum absolute atomic E-state index is 14.0. The Hall–Kier alpha value is -1.52. The average Bonchev–Trinajstić information content (AvgIpc) is 2.79. The van der Waals surface area contributed by atoms with E-state index in [9.17, 15) is 9.50 Å². The van der Waals surface area contributed by atoms with Crippen molar-refractivity contribution in [3.8, 4) is 16.9 Å². The summed E-state index contributed by atoms with van der Waals surface area (Å²) in [6.07, 6.45) is 3.87. The Balaban J connectivity index is 1.82. The van der Waals surface area contributed by atoms with Crippen LogP contribution in [0.2, 0.25) is 0 Å². The molecule has 3 rings (SSSR count). The zero-order valence-electron chi connectivity index (χ0n) is 14.7. The summed E-state index contributed by atoms with van der Waals surface area (Å²) in [5.41, 5.74) is 4.81. The van der Waals surface area contributed by atoms with E-state index in [4.69, 9.17) is 4.74 Å². The Morgan fingerprint density at radius 1 is 1.12 bits per heavy atom. The van der Waals surface area contributed by atoms with Gasteiger partial charge in [-0.05, 0) is 83.7 Å². The predicted molar refractivity (Wildman–Crippen MR) is 103 cm³/mol. The van der Waals surface area contributed by atoms with Gasteiger partial charge >= 0.3 is 0 Å². The van der Waals surface area contributed by atoms with Crippen LogP contribution in [0.3, 0.4) is 0 Å².